The summed E-state index contributed by atoms with van der Waals surface area (Å²) in [4.78, 5) is 36.5. The van der Waals surface area contributed by atoms with Crippen LogP contribution in [0.25, 0.3) is 0 Å². The van der Waals surface area contributed by atoms with Crippen LogP contribution in [0.5, 0.6) is 0 Å². The third kappa shape index (κ3) is 17.2. The summed E-state index contributed by atoms with van der Waals surface area (Å²) in [6.45, 7) is 2.50. The van der Waals surface area contributed by atoms with Gasteiger partial charge in [-0.3, -0.25) is 14.4 Å². The summed E-state index contributed by atoms with van der Waals surface area (Å²) in [5.74, 6) is -0.740. The first kappa shape index (κ1) is 24.3. The molecule has 8 nitrogen and oxygen atoms in total. The van der Waals surface area contributed by atoms with Crippen LogP contribution >= 0.6 is 0 Å². The van der Waals surface area contributed by atoms with Crippen LogP contribution in [0.15, 0.2) is 0 Å². The Balaban J connectivity index is 3.46. The number of methoxy groups -OCH3 is 1. The molecule has 1 N–H and O–H groups in total. The third-order valence-corrected chi connectivity index (χ3v) is 3.50. The number of amides is 1. The SMILES string of the molecule is COCCOC(=O)CCCCCOC(=O)CCC(=O)NCCCN(C)C. The van der Waals surface area contributed by atoms with Gasteiger partial charge in [-0.05, 0) is 46.3 Å². The molecule has 0 aliphatic heterocycles. The summed E-state index contributed by atoms with van der Waals surface area (Å²) in [6.07, 6.45) is 3.62. The van der Waals surface area contributed by atoms with E-state index >= 15 is 0 Å². The third-order valence-electron chi connectivity index (χ3n) is 3.50. The molecule has 0 aromatic carbocycles. The number of rotatable bonds is 16. The van der Waals surface area contributed by atoms with Gasteiger partial charge in [0.15, 0.2) is 0 Å². The van der Waals surface area contributed by atoms with Gasteiger partial charge >= 0.3 is 11.9 Å². The van der Waals surface area contributed by atoms with Gasteiger partial charge in [-0.2, -0.15) is 0 Å². The highest BCUT2D eigenvalue weighted by molar-refractivity contribution is 5.81. The first-order valence-electron chi connectivity index (χ1n) is 9.17. The van der Waals surface area contributed by atoms with Gasteiger partial charge in [-0.15, -0.1) is 0 Å². The van der Waals surface area contributed by atoms with Crippen molar-refractivity contribution in [1.29, 1.82) is 0 Å². The van der Waals surface area contributed by atoms with Crippen molar-refractivity contribution in [3.05, 3.63) is 0 Å². The lowest BCUT2D eigenvalue weighted by molar-refractivity contribution is -0.146. The first-order chi connectivity index (χ1) is 12.5. The van der Waals surface area contributed by atoms with E-state index in [0.717, 1.165) is 19.4 Å². The van der Waals surface area contributed by atoms with Gasteiger partial charge in [0, 0.05) is 26.5 Å². The molecule has 0 aromatic rings. The van der Waals surface area contributed by atoms with E-state index < -0.39 is 0 Å². The zero-order valence-electron chi connectivity index (χ0n) is 16.4. The van der Waals surface area contributed by atoms with Gasteiger partial charge in [0.2, 0.25) is 5.91 Å². The molecule has 0 spiro atoms. The van der Waals surface area contributed by atoms with E-state index in [1.165, 1.54) is 0 Å². The summed E-state index contributed by atoms with van der Waals surface area (Å²) >= 11 is 0. The van der Waals surface area contributed by atoms with E-state index in [1.54, 1.807) is 7.11 Å². The number of nitrogens with one attached hydrogen (secondary N) is 1. The van der Waals surface area contributed by atoms with Crippen LogP contribution in [0.2, 0.25) is 0 Å². The smallest absolute Gasteiger partial charge is 0.306 e. The van der Waals surface area contributed by atoms with Crippen LogP contribution in [0.1, 0.15) is 44.9 Å². The Bertz CT molecular complexity index is 401. The Hall–Kier alpha value is -1.67. The molecule has 0 unspecified atom stereocenters. The Morgan fingerprint density at radius 2 is 1.50 bits per heavy atom. The molecule has 0 fully saturated rings. The number of nitrogens with zero attached hydrogens (tertiary/aromatic N) is 1. The van der Waals surface area contributed by atoms with E-state index in [1.807, 2.05) is 19.0 Å². The second kappa shape index (κ2) is 16.8. The molecular formula is C18H34N2O6. The minimum absolute atomic E-state index is 0.0886. The fourth-order valence-electron chi connectivity index (χ4n) is 2.04. The highest BCUT2D eigenvalue weighted by Crippen LogP contribution is 2.03. The van der Waals surface area contributed by atoms with Crippen LogP contribution in [0.3, 0.4) is 0 Å². The molecule has 26 heavy (non-hydrogen) atoms. The number of esters is 2. The Labute approximate surface area is 156 Å². The van der Waals surface area contributed by atoms with Crippen molar-refractivity contribution >= 4 is 17.8 Å². The molecule has 0 aliphatic rings. The lowest BCUT2D eigenvalue weighted by Crippen LogP contribution is -2.27. The van der Waals surface area contributed by atoms with E-state index in [9.17, 15) is 14.4 Å². The maximum atomic E-state index is 11.6. The first-order valence-corrected chi connectivity index (χ1v) is 9.17. The predicted molar refractivity (Wildman–Crippen MR) is 97.7 cm³/mol. The van der Waals surface area contributed by atoms with Crippen LogP contribution in [0, 0.1) is 0 Å². The summed E-state index contributed by atoms with van der Waals surface area (Å²) in [5, 5.41) is 2.78. The minimum Gasteiger partial charge on any atom is -0.466 e. The molecule has 0 aromatic heterocycles. The van der Waals surface area contributed by atoms with Crippen molar-refractivity contribution < 1.29 is 28.6 Å². The largest absolute Gasteiger partial charge is 0.466 e. The fourth-order valence-corrected chi connectivity index (χ4v) is 2.04. The van der Waals surface area contributed by atoms with Gasteiger partial charge in [0.05, 0.1) is 19.6 Å². The monoisotopic (exact) mass is 374 g/mol. The van der Waals surface area contributed by atoms with Crippen LogP contribution < -0.4 is 5.32 Å². The van der Waals surface area contributed by atoms with Gasteiger partial charge in [0.1, 0.15) is 6.61 Å². The number of hydrogen-bond acceptors (Lipinski definition) is 7. The summed E-state index contributed by atoms with van der Waals surface area (Å²) in [6, 6.07) is 0. The predicted octanol–water partition coefficient (Wildman–Crippen LogP) is 1.13. The maximum Gasteiger partial charge on any atom is 0.306 e. The van der Waals surface area contributed by atoms with Gasteiger partial charge in [-0.1, -0.05) is 0 Å². The van der Waals surface area contributed by atoms with Crippen LogP contribution in [-0.4, -0.2) is 76.9 Å². The molecule has 0 radical (unpaired) electrons. The molecule has 0 saturated carbocycles. The van der Waals surface area contributed by atoms with Crippen LogP contribution in [-0.2, 0) is 28.6 Å². The lowest BCUT2D eigenvalue weighted by Gasteiger charge is -2.09. The highest BCUT2D eigenvalue weighted by atomic mass is 16.6. The van der Waals surface area contributed by atoms with E-state index in [2.05, 4.69) is 5.32 Å². The number of carbonyl (C=O) groups excluding carboxylic acids is 3. The molecule has 0 rings (SSSR count). The van der Waals surface area contributed by atoms with Crippen molar-refractivity contribution in [3.8, 4) is 0 Å². The standard InChI is InChI=1S/C18H34N2O6/c1-20(2)12-7-11-19-16(21)9-10-18(23)25-13-6-4-5-8-17(22)26-15-14-24-3/h4-15H2,1-3H3,(H,19,21). The quantitative estimate of drug-likeness (QED) is 0.320. The number of ether oxygens (including phenoxy) is 3. The minimum atomic E-state index is -0.368. The molecule has 152 valence electrons. The van der Waals surface area contributed by atoms with Crippen molar-refractivity contribution in [2.45, 2.75) is 44.9 Å². The fraction of sp³-hybridized carbons (Fsp3) is 0.833. The average molecular weight is 374 g/mol. The molecule has 0 aliphatic carbocycles. The molecule has 0 atom stereocenters. The van der Waals surface area contributed by atoms with E-state index in [-0.39, 0.29) is 37.3 Å². The van der Waals surface area contributed by atoms with Crippen LogP contribution in [0.4, 0.5) is 0 Å². The van der Waals surface area contributed by atoms with Gasteiger partial charge in [-0.25, -0.2) is 0 Å². The second-order valence-corrected chi connectivity index (χ2v) is 6.25. The molecule has 0 heterocycles. The number of unbranched alkanes of at least 4 members (excludes halogenated alkanes) is 2. The second-order valence-electron chi connectivity index (χ2n) is 6.25. The molecule has 8 heteroatoms. The zero-order valence-corrected chi connectivity index (χ0v) is 16.4. The summed E-state index contributed by atoms with van der Waals surface area (Å²) < 4.78 is 14.8. The average Bonchev–Trinajstić information content (AvgIpc) is 2.60. The Morgan fingerprint density at radius 1 is 0.808 bits per heavy atom. The normalized spacial score (nSPS) is 10.6. The molecule has 1 amide bonds. The number of carbonyl (C=O) groups is 3. The molecule has 0 saturated heterocycles. The Kier molecular flexibility index (Phi) is 15.7. The summed E-state index contributed by atoms with van der Waals surface area (Å²) in [5.41, 5.74) is 0. The van der Waals surface area contributed by atoms with Crippen molar-refractivity contribution in [3.63, 3.8) is 0 Å². The van der Waals surface area contributed by atoms with Crippen molar-refractivity contribution in [2.75, 3.05) is 54.1 Å². The maximum absolute atomic E-state index is 11.6. The van der Waals surface area contributed by atoms with E-state index in [0.29, 0.717) is 39.0 Å². The number of hydrogen-bond donors (Lipinski definition) is 1. The lowest BCUT2D eigenvalue weighted by atomic mass is 10.2. The van der Waals surface area contributed by atoms with Gasteiger partial charge in [0.25, 0.3) is 0 Å². The summed E-state index contributed by atoms with van der Waals surface area (Å²) in [7, 11) is 5.51. The highest BCUT2D eigenvalue weighted by Gasteiger charge is 2.08. The van der Waals surface area contributed by atoms with Gasteiger partial charge < -0.3 is 24.4 Å². The Morgan fingerprint density at radius 3 is 2.19 bits per heavy atom. The van der Waals surface area contributed by atoms with E-state index in [4.69, 9.17) is 14.2 Å². The topological polar surface area (TPSA) is 94.2 Å². The molecular weight excluding hydrogens is 340 g/mol. The van der Waals surface area contributed by atoms with Crippen molar-refractivity contribution in [2.24, 2.45) is 0 Å². The zero-order chi connectivity index (χ0) is 19.6. The van der Waals surface area contributed by atoms with Crippen molar-refractivity contribution in [1.82, 2.24) is 10.2 Å². The molecule has 0 bridgehead atoms.